The summed E-state index contributed by atoms with van der Waals surface area (Å²) in [6.07, 6.45) is 4.09. The van der Waals surface area contributed by atoms with Gasteiger partial charge in [0.2, 0.25) is 0 Å². The van der Waals surface area contributed by atoms with Crippen molar-refractivity contribution in [2.45, 2.75) is 38.6 Å². The van der Waals surface area contributed by atoms with Gasteiger partial charge in [-0.15, -0.1) is 0 Å². The summed E-state index contributed by atoms with van der Waals surface area (Å²) in [5.74, 6) is -1.67. The van der Waals surface area contributed by atoms with Gasteiger partial charge in [0, 0.05) is 18.2 Å². The number of amidine groups is 1. The first-order chi connectivity index (χ1) is 9.58. The molecule has 1 aliphatic rings. The zero-order valence-electron chi connectivity index (χ0n) is 11.4. The third-order valence-corrected chi connectivity index (χ3v) is 3.81. The molecule has 0 saturated heterocycles. The van der Waals surface area contributed by atoms with Crippen LogP contribution in [0.3, 0.4) is 0 Å². The average Bonchev–Trinajstić information content (AvgIpc) is 2.95. The lowest BCUT2D eigenvalue weighted by atomic mass is 10.1. The molecule has 1 aromatic carbocycles. The highest BCUT2D eigenvalue weighted by atomic mass is 19.1. The SMILES string of the molecule is CCN(c1c(F)cc(C(N)=NO)cc1F)C1CCCC1. The number of benzene rings is 1. The minimum atomic E-state index is -0.680. The van der Waals surface area contributed by atoms with Crippen LogP contribution in [0, 0.1) is 11.6 Å². The maximum atomic E-state index is 14.2. The van der Waals surface area contributed by atoms with E-state index in [1.54, 1.807) is 4.90 Å². The Balaban J connectivity index is 2.40. The van der Waals surface area contributed by atoms with Gasteiger partial charge in [0.05, 0.1) is 0 Å². The summed E-state index contributed by atoms with van der Waals surface area (Å²) in [5.41, 5.74) is 5.38. The molecule has 0 amide bonds. The molecule has 2 rings (SSSR count). The Bertz CT molecular complexity index is 490. The molecule has 1 aliphatic carbocycles. The maximum Gasteiger partial charge on any atom is 0.170 e. The van der Waals surface area contributed by atoms with Crippen molar-refractivity contribution < 1.29 is 14.0 Å². The van der Waals surface area contributed by atoms with Crippen LogP contribution in [0.25, 0.3) is 0 Å². The van der Waals surface area contributed by atoms with Gasteiger partial charge in [-0.1, -0.05) is 18.0 Å². The van der Waals surface area contributed by atoms with Gasteiger partial charge < -0.3 is 15.8 Å². The van der Waals surface area contributed by atoms with Crippen LogP contribution in [0.2, 0.25) is 0 Å². The van der Waals surface area contributed by atoms with Gasteiger partial charge in [-0.3, -0.25) is 0 Å². The molecule has 0 aliphatic heterocycles. The molecular formula is C14H19F2N3O. The Kier molecular flexibility index (Phi) is 4.42. The van der Waals surface area contributed by atoms with Crippen molar-refractivity contribution in [1.82, 2.24) is 0 Å². The van der Waals surface area contributed by atoms with E-state index in [-0.39, 0.29) is 23.1 Å². The summed E-state index contributed by atoms with van der Waals surface area (Å²) < 4.78 is 28.4. The number of hydrogen-bond donors (Lipinski definition) is 2. The molecule has 0 heterocycles. The maximum absolute atomic E-state index is 14.2. The Morgan fingerprint density at radius 1 is 1.35 bits per heavy atom. The molecule has 0 radical (unpaired) electrons. The van der Waals surface area contributed by atoms with Gasteiger partial charge in [0.1, 0.15) is 17.3 Å². The molecule has 0 atom stereocenters. The van der Waals surface area contributed by atoms with Crippen LogP contribution in [-0.2, 0) is 0 Å². The predicted octanol–water partition coefficient (Wildman–Crippen LogP) is 2.83. The lowest BCUT2D eigenvalue weighted by Gasteiger charge is -2.30. The molecule has 0 spiro atoms. The van der Waals surface area contributed by atoms with Crippen LogP contribution >= 0.6 is 0 Å². The minimum Gasteiger partial charge on any atom is -0.409 e. The molecule has 4 nitrogen and oxygen atoms in total. The average molecular weight is 283 g/mol. The van der Waals surface area contributed by atoms with Gasteiger partial charge in [-0.25, -0.2) is 8.78 Å². The Morgan fingerprint density at radius 2 is 1.90 bits per heavy atom. The zero-order chi connectivity index (χ0) is 14.7. The van der Waals surface area contributed by atoms with Crippen molar-refractivity contribution in [3.05, 3.63) is 29.3 Å². The van der Waals surface area contributed by atoms with Crippen LogP contribution < -0.4 is 10.6 Å². The van der Waals surface area contributed by atoms with Crippen molar-refractivity contribution in [2.24, 2.45) is 10.9 Å². The fraction of sp³-hybridized carbons (Fsp3) is 0.500. The number of hydrogen-bond acceptors (Lipinski definition) is 3. The van der Waals surface area contributed by atoms with E-state index in [1.807, 2.05) is 6.92 Å². The molecule has 0 unspecified atom stereocenters. The monoisotopic (exact) mass is 283 g/mol. The summed E-state index contributed by atoms with van der Waals surface area (Å²) in [7, 11) is 0. The third kappa shape index (κ3) is 2.69. The van der Waals surface area contributed by atoms with Crippen LogP contribution in [0.5, 0.6) is 0 Å². The third-order valence-electron chi connectivity index (χ3n) is 3.81. The lowest BCUT2D eigenvalue weighted by molar-refractivity contribution is 0.318. The fourth-order valence-corrected chi connectivity index (χ4v) is 2.86. The van der Waals surface area contributed by atoms with Gasteiger partial charge in [-0.2, -0.15) is 0 Å². The molecule has 0 bridgehead atoms. The Hall–Kier alpha value is -1.85. The molecule has 6 heteroatoms. The van der Waals surface area contributed by atoms with Crippen LogP contribution in [0.15, 0.2) is 17.3 Å². The standard InChI is InChI=1S/C14H19F2N3O/c1-2-19(10-5-3-4-6-10)13-11(15)7-9(8-12(13)16)14(17)18-20/h7-8,10,20H,2-6H2,1H3,(H2,17,18). The molecule has 0 aromatic heterocycles. The van der Waals surface area contributed by atoms with Crippen molar-refractivity contribution >= 4 is 11.5 Å². The first-order valence-electron chi connectivity index (χ1n) is 6.82. The molecule has 1 aromatic rings. The second kappa shape index (κ2) is 6.07. The molecule has 1 saturated carbocycles. The molecular weight excluding hydrogens is 264 g/mol. The highest BCUT2D eigenvalue weighted by Gasteiger charge is 2.26. The van der Waals surface area contributed by atoms with Crippen molar-refractivity contribution in [1.29, 1.82) is 0 Å². The van der Waals surface area contributed by atoms with E-state index in [0.29, 0.717) is 6.54 Å². The normalized spacial score (nSPS) is 16.6. The van der Waals surface area contributed by atoms with E-state index >= 15 is 0 Å². The Labute approximate surface area is 116 Å². The number of nitrogens with zero attached hydrogens (tertiary/aromatic N) is 2. The van der Waals surface area contributed by atoms with E-state index in [2.05, 4.69) is 5.16 Å². The van der Waals surface area contributed by atoms with Crippen molar-refractivity contribution in [3.8, 4) is 0 Å². The number of nitrogens with two attached hydrogens (primary N) is 1. The first kappa shape index (κ1) is 14.6. The summed E-state index contributed by atoms with van der Waals surface area (Å²) in [6.45, 7) is 2.43. The van der Waals surface area contributed by atoms with E-state index in [0.717, 1.165) is 37.8 Å². The molecule has 110 valence electrons. The lowest BCUT2D eigenvalue weighted by Crippen LogP contribution is -2.34. The van der Waals surface area contributed by atoms with Crippen molar-refractivity contribution in [2.75, 3.05) is 11.4 Å². The minimum absolute atomic E-state index is 0.0195. The molecule has 20 heavy (non-hydrogen) atoms. The van der Waals surface area contributed by atoms with Crippen LogP contribution in [0.1, 0.15) is 38.2 Å². The second-order valence-electron chi connectivity index (χ2n) is 5.00. The number of anilines is 1. The van der Waals surface area contributed by atoms with Gasteiger partial charge in [0.15, 0.2) is 5.84 Å². The smallest absolute Gasteiger partial charge is 0.170 e. The van der Waals surface area contributed by atoms with E-state index < -0.39 is 11.6 Å². The van der Waals surface area contributed by atoms with Gasteiger partial charge in [-0.05, 0) is 31.9 Å². The van der Waals surface area contributed by atoms with Gasteiger partial charge >= 0.3 is 0 Å². The summed E-state index contributed by atoms with van der Waals surface area (Å²) >= 11 is 0. The Morgan fingerprint density at radius 3 is 2.35 bits per heavy atom. The first-order valence-corrected chi connectivity index (χ1v) is 6.82. The van der Waals surface area contributed by atoms with Crippen LogP contribution in [0.4, 0.5) is 14.5 Å². The second-order valence-corrected chi connectivity index (χ2v) is 5.00. The van der Waals surface area contributed by atoms with E-state index in [9.17, 15) is 8.78 Å². The summed E-state index contributed by atoms with van der Waals surface area (Å²) in [5, 5.41) is 11.3. The van der Waals surface area contributed by atoms with Crippen molar-refractivity contribution in [3.63, 3.8) is 0 Å². The zero-order valence-corrected chi connectivity index (χ0v) is 11.4. The van der Waals surface area contributed by atoms with Gasteiger partial charge in [0.25, 0.3) is 0 Å². The summed E-state index contributed by atoms with van der Waals surface area (Å²) in [4.78, 5) is 1.77. The molecule has 3 N–H and O–H groups in total. The topological polar surface area (TPSA) is 61.8 Å². The van der Waals surface area contributed by atoms with Crippen LogP contribution in [-0.4, -0.2) is 23.6 Å². The van der Waals surface area contributed by atoms with E-state index in [1.165, 1.54) is 0 Å². The molecule has 1 fully saturated rings. The largest absolute Gasteiger partial charge is 0.409 e. The number of rotatable bonds is 4. The van der Waals surface area contributed by atoms with E-state index in [4.69, 9.17) is 10.9 Å². The predicted molar refractivity (Wildman–Crippen MR) is 74.1 cm³/mol. The number of halogens is 2. The highest BCUT2D eigenvalue weighted by molar-refractivity contribution is 5.97. The number of oxime groups is 1. The quantitative estimate of drug-likeness (QED) is 0.386. The highest BCUT2D eigenvalue weighted by Crippen LogP contribution is 2.32. The summed E-state index contributed by atoms with van der Waals surface area (Å²) in [6, 6.07) is 2.38. The fourth-order valence-electron chi connectivity index (χ4n) is 2.86.